The highest BCUT2D eigenvalue weighted by atomic mass is 19.4. The third kappa shape index (κ3) is 3.01. The first-order valence-corrected chi connectivity index (χ1v) is 9.03. The van der Waals surface area contributed by atoms with Crippen LogP contribution in [0.3, 0.4) is 0 Å². The number of aliphatic hydroxyl groups is 1. The van der Waals surface area contributed by atoms with Crippen molar-refractivity contribution in [2.24, 2.45) is 0 Å². The van der Waals surface area contributed by atoms with Crippen molar-refractivity contribution in [2.45, 2.75) is 43.9 Å². The van der Waals surface area contributed by atoms with Crippen LogP contribution in [0.25, 0.3) is 0 Å². The highest BCUT2D eigenvalue weighted by Gasteiger charge is 2.61. The van der Waals surface area contributed by atoms with Gasteiger partial charge in [-0.1, -0.05) is 0 Å². The average Bonchev–Trinajstić information content (AvgIpc) is 3.05. The number of carbonyl (C=O) groups excluding carboxylic acids is 1. The number of carbonyl (C=O) groups is 1. The van der Waals surface area contributed by atoms with Crippen LogP contribution in [-0.2, 0) is 10.4 Å². The number of alkyl halides is 3. The number of H-pyrrole nitrogens is 1. The second-order valence-electron chi connectivity index (χ2n) is 7.43. The second kappa shape index (κ2) is 6.47. The van der Waals surface area contributed by atoms with Crippen molar-refractivity contribution < 1.29 is 23.1 Å². The van der Waals surface area contributed by atoms with E-state index in [0.717, 1.165) is 11.3 Å². The van der Waals surface area contributed by atoms with Crippen molar-refractivity contribution in [3.8, 4) is 0 Å². The maximum absolute atomic E-state index is 13.6. The Hall–Kier alpha value is -2.62. The number of halogens is 3. The number of amides is 1. The molecule has 2 aromatic rings. The van der Waals surface area contributed by atoms with Crippen molar-refractivity contribution in [1.29, 1.82) is 0 Å². The Morgan fingerprint density at radius 3 is 2.64 bits per heavy atom. The van der Waals surface area contributed by atoms with Crippen LogP contribution in [0.15, 0.2) is 18.5 Å². The minimum Gasteiger partial charge on any atom is -0.376 e. The van der Waals surface area contributed by atoms with Crippen molar-refractivity contribution >= 4 is 17.4 Å². The van der Waals surface area contributed by atoms with Crippen LogP contribution in [-0.4, -0.2) is 45.5 Å². The third-order valence-electron chi connectivity index (χ3n) is 5.48. The normalized spacial score (nSPS) is 23.5. The zero-order valence-electron chi connectivity index (χ0n) is 15.2. The van der Waals surface area contributed by atoms with Gasteiger partial charge < -0.3 is 15.3 Å². The van der Waals surface area contributed by atoms with E-state index in [1.54, 1.807) is 12.4 Å². The van der Waals surface area contributed by atoms with E-state index in [0.29, 0.717) is 25.9 Å². The molecule has 2 aliphatic heterocycles. The summed E-state index contributed by atoms with van der Waals surface area (Å²) in [5.41, 5.74) is -1.32. The molecule has 1 unspecified atom stereocenters. The maximum atomic E-state index is 13.6. The number of aryl methyl sites for hydroxylation is 1. The molecule has 7 nitrogen and oxygen atoms in total. The molecule has 2 aliphatic rings. The van der Waals surface area contributed by atoms with Gasteiger partial charge in [-0.2, -0.15) is 18.3 Å². The quantitative estimate of drug-likeness (QED) is 0.727. The first kappa shape index (κ1) is 18.7. The SMILES string of the molecule is Cc1cncc(N2CCC(c3[nH]nc4c3C(O)(C(F)(F)F)CC(=O)N4)CC2)c1. The lowest BCUT2D eigenvalue weighted by molar-refractivity contribution is -0.267. The number of nitrogens with one attached hydrogen (secondary N) is 2. The topological polar surface area (TPSA) is 94.1 Å². The van der Waals surface area contributed by atoms with E-state index in [-0.39, 0.29) is 23.0 Å². The Morgan fingerprint density at radius 2 is 2.00 bits per heavy atom. The summed E-state index contributed by atoms with van der Waals surface area (Å²) in [7, 11) is 0. The molecule has 3 N–H and O–H groups in total. The molecule has 0 aromatic carbocycles. The fourth-order valence-electron chi connectivity index (χ4n) is 4.04. The second-order valence-corrected chi connectivity index (χ2v) is 7.43. The molecule has 4 heterocycles. The smallest absolute Gasteiger partial charge is 0.376 e. The predicted molar refractivity (Wildman–Crippen MR) is 94.9 cm³/mol. The fourth-order valence-corrected chi connectivity index (χ4v) is 4.04. The first-order valence-electron chi connectivity index (χ1n) is 9.03. The number of hydrogen-bond acceptors (Lipinski definition) is 5. The van der Waals surface area contributed by atoms with Crippen molar-refractivity contribution in [3.63, 3.8) is 0 Å². The Morgan fingerprint density at radius 1 is 1.29 bits per heavy atom. The minimum absolute atomic E-state index is 0.228. The predicted octanol–water partition coefficient (Wildman–Crippen LogP) is 2.59. The lowest BCUT2D eigenvalue weighted by Crippen LogP contribution is -2.48. The van der Waals surface area contributed by atoms with Crippen LogP contribution < -0.4 is 10.2 Å². The van der Waals surface area contributed by atoms with Crippen LogP contribution in [0.1, 0.15) is 42.0 Å². The molecule has 1 saturated heterocycles. The first-order chi connectivity index (χ1) is 13.2. The molecule has 0 bridgehead atoms. The van der Waals surface area contributed by atoms with E-state index < -0.39 is 24.1 Å². The molecule has 0 saturated carbocycles. The number of aromatic nitrogens is 3. The van der Waals surface area contributed by atoms with Gasteiger partial charge >= 0.3 is 6.18 Å². The lowest BCUT2D eigenvalue weighted by atomic mass is 9.81. The zero-order chi connectivity index (χ0) is 20.1. The number of aromatic amines is 1. The number of anilines is 2. The van der Waals surface area contributed by atoms with E-state index in [4.69, 9.17) is 0 Å². The van der Waals surface area contributed by atoms with Crippen molar-refractivity contribution in [2.75, 3.05) is 23.3 Å². The molecule has 1 fully saturated rings. The number of nitrogens with zero attached hydrogens (tertiary/aromatic N) is 3. The van der Waals surface area contributed by atoms with Gasteiger partial charge in [0, 0.05) is 30.9 Å². The number of fused-ring (bicyclic) bond motifs is 1. The molecule has 0 radical (unpaired) electrons. The molecule has 10 heteroatoms. The lowest BCUT2D eigenvalue weighted by Gasteiger charge is -2.37. The Labute approximate surface area is 159 Å². The molecule has 28 heavy (non-hydrogen) atoms. The van der Waals surface area contributed by atoms with Crippen molar-refractivity contribution in [1.82, 2.24) is 15.2 Å². The van der Waals surface area contributed by atoms with Crippen LogP contribution >= 0.6 is 0 Å². The molecule has 0 spiro atoms. The summed E-state index contributed by atoms with van der Waals surface area (Å²) in [5, 5.41) is 19.2. The molecule has 0 aliphatic carbocycles. The Balaban J connectivity index is 1.60. The molecule has 150 valence electrons. The van der Waals surface area contributed by atoms with Gasteiger partial charge in [0.05, 0.1) is 23.9 Å². The summed E-state index contributed by atoms with van der Waals surface area (Å²) in [4.78, 5) is 18.0. The number of rotatable bonds is 2. The number of pyridine rings is 1. The summed E-state index contributed by atoms with van der Waals surface area (Å²) in [5.74, 6) is -1.38. The summed E-state index contributed by atoms with van der Waals surface area (Å²) in [6.45, 7) is 3.23. The zero-order valence-corrected chi connectivity index (χ0v) is 15.2. The van der Waals surface area contributed by atoms with Crippen LogP contribution in [0.5, 0.6) is 0 Å². The fraction of sp³-hybridized carbons (Fsp3) is 0.500. The van der Waals surface area contributed by atoms with Crippen LogP contribution in [0.4, 0.5) is 24.7 Å². The Kier molecular flexibility index (Phi) is 4.33. The third-order valence-corrected chi connectivity index (χ3v) is 5.48. The molecular weight excluding hydrogens is 375 g/mol. The van der Waals surface area contributed by atoms with Gasteiger partial charge in [0.1, 0.15) is 0 Å². The summed E-state index contributed by atoms with van der Waals surface area (Å²) < 4.78 is 40.9. The van der Waals surface area contributed by atoms with Gasteiger partial charge in [0.2, 0.25) is 5.91 Å². The Bertz CT molecular complexity index is 905. The van der Waals surface area contributed by atoms with Gasteiger partial charge in [-0.05, 0) is 31.4 Å². The standard InChI is InChI=1S/C18H20F3N5O2/c1-10-6-12(9-22-8-10)26-4-2-11(3-5-26)15-14-16(25-24-15)23-13(27)7-17(14,28)18(19,20)21/h6,8-9,11,28H,2-5,7H2,1H3,(H2,23,24,25,27). The number of piperidine rings is 1. The van der Waals surface area contributed by atoms with Gasteiger partial charge in [0.15, 0.2) is 11.4 Å². The van der Waals surface area contributed by atoms with E-state index in [9.17, 15) is 23.1 Å². The van der Waals surface area contributed by atoms with E-state index in [1.807, 2.05) is 13.0 Å². The maximum Gasteiger partial charge on any atom is 0.422 e. The van der Waals surface area contributed by atoms with Gasteiger partial charge in [-0.3, -0.25) is 14.9 Å². The summed E-state index contributed by atoms with van der Waals surface area (Å²) in [6.07, 6.45) is -1.34. The van der Waals surface area contributed by atoms with E-state index in [2.05, 4.69) is 25.4 Å². The van der Waals surface area contributed by atoms with Gasteiger partial charge in [-0.15, -0.1) is 0 Å². The highest BCUT2D eigenvalue weighted by molar-refractivity contribution is 5.94. The summed E-state index contributed by atoms with van der Waals surface area (Å²) in [6, 6.07) is 2.02. The van der Waals surface area contributed by atoms with E-state index in [1.165, 1.54) is 0 Å². The number of hydrogen-bond donors (Lipinski definition) is 3. The van der Waals surface area contributed by atoms with Crippen LogP contribution in [0, 0.1) is 6.92 Å². The van der Waals surface area contributed by atoms with Crippen molar-refractivity contribution in [3.05, 3.63) is 35.3 Å². The molecule has 1 amide bonds. The minimum atomic E-state index is -4.98. The molecular formula is C18H20F3N5O2. The van der Waals surface area contributed by atoms with E-state index >= 15 is 0 Å². The summed E-state index contributed by atoms with van der Waals surface area (Å²) >= 11 is 0. The molecule has 2 aromatic heterocycles. The molecule has 1 atom stereocenters. The van der Waals surface area contributed by atoms with Crippen LogP contribution in [0.2, 0.25) is 0 Å². The molecule has 4 rings (SSSR count). The van der Waals surface area contributed by atoms with Gasteiger partial charge in [0.25, 0.3) is 0 Å². The average molecular weight is 395 g/mol. The monoisotopic (exact) mass is 395 g/mol. The highest BCUT2D eigenvalue weighted by Crippen LogP contribution is 2.49. The largest absolute Gasteiger partial charge is 0.422 e. The van der Waals surface area contributed by atoms with Gasteiger partial charge in [-0.25, -0.2) is 0 Å².